The molecule has 1 aliphatic rings. The van der Waals surface area contributed by atoms with Crippen LogP contribution in [0.3, 0.4) is 0 Å². The van der Waals surface area contributed by atoms with Gasteiger partial charge in [0.1, 0.15) is 0 Å². The average molecular weight is 355 g/mol. The van der Waals surface area contributed by atoms with E-state index in [0.29, 0.717) is 30.1 Å². The molecule has 2 aromatic rings. The number of hydrogen-bond acceptors (Lipinski definition) is 4. The number of rotatable bonds is 3. The molecule has 0 spiro atoms. The summed E-state index contributed by atoms with van der Waals surface area (Å²) < 4.78 is 39.2. The van der Waals surface area contributed by atoms with Crippen LogP contribution < -0.4 is 5.32 Å². The molecule has 5 nitrogen and oxygen atoms in total. The van der Waals surface area contributed by atoms with Gasteiger partial charge in [-0.15, -0.1) is 11.3 Å². The number of halogens is 3. The summed E-state index contributed by atoms with van der Waals surface area (Å²) in [6.07, 6.45) is 1.95. The van der Waals surface area contributed by atoms with Crippen LogP contribution in [0.5, 0.6) is 0 Å². The highest BCUT2D eigenvalue weighted by molar-refractivity contribution is 7.11. The molecule has 1 aliphatic heterocycles. The molecule has 0 radical (unpaired) electrons. The Bertz CT molecular complexity index is 759. The van der Waals surface area contributed by atoms with Crippen LogP contribution in [0.25, 0.3) is 0 Å². The number of hydrogen-bond donors (Lipinski definition) is 1. The van der Waals surface area contributed by atoms with Gasteiger partial charge in [-0.05, 0) is 6.42 Å². The Morgan fingerprint density at radius 1 is 1.25 bits per heavy atom. The van der Waals surface area contributed by atoms with Crippen LogP contribution in [0.4, 0.5) is 18.9 Å². The topological polar surface area (TPSA) is 62.3 Å². The Balaban J connectivity index is 1.64. The van der Waals surface area contributed by atoms with E-state index in [1.807, 2.05) is 0 Å². The van der Waals surface area contributed by atoms with E-state index < -0.39 is 29.3 Å². The van der Waals surface area contributed by atoms with Crippen LogP contribution in [0, 0.1) is 23.4 Å². The van der Waals surface area contributed by atoms with Crippen molar-refractivity contribution in [3.63, 3.8) is 0 Å². The van der Waals surface area contributed by atoms with Crippen molar-refractivity contribution < 1.29 is 22.8 Å². The molecule has 1 atom stereocenters. The summed E-state index contributed by atoms with van der Waals surface area (Å²) in [5.41, 5.74) is -0.166. The molecule has 3 rings (SSSR count). The fraction of sp³-hybridized carbons (Fsp3) is 0.267. The molecular weight excluding hydrogens is 343 g/mol. The molecule has 0 aliphatic carbocycles. The number of aromatic nitrogens is 1. The molecule has 126 valence electrons. The Morgan fingerprint density at radius 3 is 2.58 bits per heavy atom. The Labute approximate surface area is 139 Å². The molecule has 2 heterocycles. The number of amides is 2. The van der Waals surface area contributed by atoms with E-state index >= 15 is 0 Å². The average Bonchev–Trinajstić information content (AvgIpc) is 3.23. The van der Waals surface area contributed by atoms with Crippen molar-refractivity contribution in [3.05, 3.63) is 46.2 Å². The number of likely N-dealkylation sites (tertiary alicyclic amines) is 1. The molecule has 1 fully saturated rings. The van der Waals surface area contributed by atoms with Gasteiger partial charge in [0.15, 0.2) is 22.5 Å². The monoisotopic (exact) mass is 355 g/mol. The van der Waals surface area contributed by atoms with Crippen molar-refractivity contribution >= 4 is 28.8 Å². The van der Waals surface area contributed by atoms with E-state index in [9.17, 15) is 22.8 Å². The number of anilines is 1. The van der Waals surface area contributed by atoms with Crippen LogP contribution in [-0.2, 0) is 4.79 Å². The smallest absolute Gasteiger partial charge is 0.282 e. The predicted octanol–water partition coefficient (Wildman–Crippen LogP) is 2.66. The van der Waals surface area contributed by atoms with Gasteiger partial charge in [-0.3, -0.25) is 9.59 Å². The Morgan fingerprint density at radius 2 is 1.96 bits per heavy atom. The van der Waals surface area contributed by atoms with E-state index in [4.69, 9.17) is 0 Å². The first-order chi connectivity index (χ1) is 11.5. The van der Waals surface area contributed by atoms with Crippen molar-refractivity contribution in [1.29, 1.82) is 0 Å². The lowest BCUT2D eigenvalue weighted by atomic mass is 10.1. The van der Waals surface area contributed by atoms with Crippen molar-refractivity contribution in [2.75, 3.05) is 18.4 Å². The van der Waals surface area contributed by atoms with Gasteiger partial charge in [-0.25, -0.2) is 18.2 Å². The van der Waals surface area contributed by atoms with E-state index in [1.165, 1.54) is 22.4 Å². The molecule has 2 amide bonds. The molecule has 0 unspecified atom stereocenters. The lowest BCUT2D eigenvalue weighted by Crippen LogP contribution is -2.31. The normalized spacial score (nSPS) is 17.1. The van der Waals surface area contributed by atoms with Crippen molar-refractivity contribution in [2.45, 2.75) is 6.42 Å². The van der Waals surface area contributed by atoms with E-state index in [0.717, 1.165) is 0 Å². The Kier molecular flexibility index (Phi) is 4.52. The number of thiazole rings is 1. The first-order valence-electron chi connectivity index (χ1n) is 7.10. The number of carbonyl (C=O) groups is 2. The van der Waals surface area contributed by atoms with Gasteiger partial charge in [0.25, 0.3) is 5.91 Å². The maximum atomic E-state index is 13.2. The van der Waals surface area contributed by atoms with Gasteiger partial charge in [-0.2, -0.15) is 0 Å². The van der Waals surface area contributed by atoms with Crippen LogP contribution >= 0.6 is 11.3 Å². The zero-order valence-electron chi connectivity index (χ0n) is 12.3. The first kappa shape index (κ1) is 16.4. The predicted molar refractivity (Wildman–Crippen MR) is 81.1 cm³/mol. The lowest BCUT2D eigenvalue weighted by Gasteiger charge is -2.15. The summed E-state index contributed by atoms with van der Waals surface area (Å²) in [5.74, 6) is -5.58. The number of nitrogens with one attached hydrogen (secondary N) is 1. The van der Waals surface area contributed by atoms with Crippen LogP contribution in [0.1, 0.15) is 16.2 Å². The second-order valence-electron chi connectivity index (χ2n) is 5.32. The van der Waals surface area contributed by atoms with Gasteiger partial charge in [0.2, 0.25) is 5.91 Å². The second kappa shape index (κ2) is 6.60. The molecular formula is C15H12F3N3O2S. The number of carbonyl (C=O) groups excluding carboxylic acids is 2. The summed E-state index contributed by atoms with van der Waals surface area (Å²) in [4.78, 5) is 29.8. The van der Waals surface area contributed by atoms with Crippen molar-refractivity contribution in [2.24, 2.45) is 5.92 Å². The van der Waals surface area contributed by atoms with Crippen molar-refractivity contribution in [3.8, 4) is 0 Å². The minimum Gasteiger partial charge on any atom is -0.336 e. The first-order valence-corrected chi connectivity index (χ1v) is 7.98. The summed E-state index contributed by atoms with van der Waals surface area (Å²) in [6.45, 7) is 0.582. The van der Waals surface area contributed by atoms with Gasteiger partial charge in [0.05, 0.1) is 5.92 Å². The molecule has 1 saturated heterocycles. The highest BCUT2D eigenvalue weighted by atomic mass is 32.1. The van der Waals surface area contributed by atoms with Gasteiger partial charge >= 0.3 is 0 Å². The van der Waals surface area contributed by atoms with Crippen molar-refractivity contribution in [1.82, 2.24) is 9.88 Å². The summed E-state index contributed by atoms with van der Waals surface area (Å²) >= 11 is 1.21. The third-order valence-corrected chi connectivity index (χ3v) is 4.47. The molecule has 0 saturated carbocycles. The zero-order valence-corrected chi connectivity index (χ0v) is 13.1. The standard InChI is InChI=1S/C15H12F3N3O2S/c16-10-5-9(6-11(17)12(10)18)20-13(22)8-1-3-21(7-8)15(23)14-19-2-4-24-14/h2,4-6,8H,1,3,7H2,(H,20,22)/t8-/m0/s1. The minimum absolute atomic E-state index is 0.166. The van der Waals surface area contributed by atoms with E-state index in [-0.39, 0.29) is 18.1 Å². The minimum atomic E-state index is -1.59. The van der Waals surface area contributed by atoms with Gasteiger partial charge in [0, 0.05) is 42.5 Å². The molecule has 24 heavy (non-hydrogen) atoms. The largest absolute Gasteiger partial charge is 0.336 e. The molecule has 1 aromatic heterocycles. The number of benzene rings is 1. The summed E-state index contributed by atoms with van der Waals surface area (Å²) in [6, 6.07) is 1.42. The lowest BCUT2D eigenvalue weighted by molar-refractivity contribution is -0.119. The Hall–Kier alpha value is -2.42. The third kappa shape index (κ3) is 3.25. The molecule has 9 heteroatoms. The van der Waals surface area contributed by atoms with E-state index in [1.54, 1.807) is 5.38 Å². The van der Waals surface area contributed by atoms with Gasteiger partial charge in [-0.1, -0.05) is 0 Å². The molecule has 1 N–H and O–H groups in total. The maximum Gasteiger partial charge on any atom is 0.282 e. The van der Waals surface area contributed by atoms with E-state index in [2.05, 4.69) is 10.3 Å². The van der Waals surface area contributed by atoms with Crippen LogP contribution in [0.15, 0.2) is 23.7 Å². The quantitative estimate of drug-likeness (QED) is 0.861. The van der Waals surface area contributed by atoms with Crippen LogP contribution in [0.2, 0.25) is 0 Å². The fourth-order valence-electron chi connectivity index (χ4n) is 2.50. The third-order valence-electron chi connectivity index (χ3n) is 3.71. The zero-order chi connectivity index (χ0) is 17.3. The molecule has 0 bridgehead atoms. The SMILES string of the molecule is O=C(Nc1cc(F)c(F)c(F)c1)[C@H]1CCN(C(=O)c2nccs2)C1. The highest BCUT2D eigenvalue weighted by Crippen LogP contribution is 2.23. The molecule has 1 aromatic carbocycles. The summed E-state index contributed by atoms with van der Waals surface area (Å²) in [7, 11) is 0. The maximum absolute atomic E-state index is 13.2. The van der Waals surface area contributed by atoms with Crippen LogP contribution in [-0.4, -0.2) is 34.8 Å². The fourth-order valence-corrected chi connectivity index (χ4v) is 3.10. The summed E-state index contributed by atoms with van der Waals surface area (Å²) in [5, 5.41) is 4.38. The highest BCUT2D eigenvalue weighted by Gasteiger charge is 2.32. The van der Waals surface area contributed by atoms with Gasteiger partial charge < -0.3 is 10.2 Å². The number of nitrogens with zero attached hydrogens (tertiary/aromatic N) is 2. The second-order valence-corrected chi connectivity index (χ2v) is 6.21.